The fraction of sp³-hybridized carbons (Fsp3) is 1.00. The summed E-state index contributed by atoms with van der Waals surface area (Å²) in [5, 5.41) is 28.3. The topological polar surface area (TPSA) is 143 Å². The van der Waals surface area contributed by atoms with Gasteiger partial charge in [-0.05, 0) is 6.92 Å². The molecule has 2 unspecified atom stereocenters. The normalized spacial score (nSPS) is 37.7. The predicted molar refractivity (Wildman–Crippen MR) is 55.8 cm³/mol. The molecule has 1 rings (SSSR count). The standard InChI is InChI=1S/C8H16O9S/c1-2-15-8-6(11)7(17-18(12,13)14)5(10)4(3-9)16-8/h4-11H,2-3H2,1H3,(H,12,13,14)/t4?,5-,6?,7-,8+/m0/s1. The number of hydrogen-bond donors (Lipinski definition) is 4. The zero-order valence-corrected chi connectivity index (χ0v) is 10.4. The number of rotatable bonds is 5. The summed E-state index contributed by atoms with van der Waals surface area (Å²) in [6, 6.07) is 0. The summed E-state index contributed by atoms with van der Waals surface area (Å²) < 4.78 is 44.0. The smallest absolute Gasteiger partial charge is 0.394 e. The monoisotopic (exact) mass is 288 g/mol. The Hall–Kier alpha value is -0.330. The average Bonchev–Trinajstić information content (AvgIpc) is 2.27. The molecule has 0 aliphatic carbocycles. The van der Waals surface area contributed by atoms with Gasteiger partial charge in [0.25, 0.3) is 0 Å². The van der Waals surface area contributed by atoms with Gasteiger partial charge in [-0.3, -0.25) is 4.55 Å². The molecule has 0 bridgehead atoms. The van der Waals surface area contributed by atoms with Gasteiger partial charge in [0, 0.05) is 6.61 Å². The van der Waals surface area contributed by atoms with Gasteiger partial charge in [0.15, 0.2) is 6.29 Å². The van der Waals surface area contributed by atoms with E-state index in [2.05, 4.69) is 4.18 Å². The summed E-state index contributed by atoms with van der Waals surface area (Å²) >= 11 is 0. The summed E-state index contributed by atoms with van der Waals surface area (Å²) in [6.07, 6.45) is -7.44. The maximum Gasteiger partial charge on any atom is 0.397 e. The van der Waals surface area contributed by atoms with Crippen LogP contribution in [0.1, 0.15) is 6.92 Å². The van der Waals surface area contributed by atoms with Crippen molar-refractivity contribution in [2.24, 2.45) is 0 Å². The van der Waals surface area contributed by atoms with Crippen molar-refractivity contribution in [2.45, 2.75) is 37.6 Å². The molecule has 4 N–H and O–H groups in total. The van der Waals surface area contributed by atoms with Gasteiger partial charge in [-0.25, -0.2) is 4.18 Å². The highest BCUT2D eigenvalue weighted by atomic mass is 32.3. The molecule has 5 atom stereocenters. The minimum atomic E-state index is -4.87. The predicted octanol–water partition coefficient (Wildman–Crippen LogP) is -2.35. The first-order valence-electron chi connectivity index (χ1n) is 5.20. The molecule has 0 aromatic heterocycles. The van der Waals surface area contributed by atoms with Crippen LogP contribution >= 0.6 is 0 Å². The van der Waals surface area contributed by atoms with Crippen LogP contribution in [0.5, 0.6) is 0 Å². The molecule has 0 amide bonds. The van der Waals surface area contributed by atoms with Gasteiger partial charge in [0.1, 0.15) is 24.4 Å². The fourth-order valence-electron chi connectivity index (χ4n) is 1.61. The highest BCUT2D eigenvalue weighted by molar-refractivity contribution is 7.80. The number of aliphatic hydroxyl groups excluding tert-OH is 3. The lowest BCUT2D eigenvalue weighted by molar-refractivity contribution is -0.295. The van der Waals surface area contributed by atoms with Crippen molar-refractivity contribution < 1.29 is 41.9 Å². The number of hydrogen-bond acceptors (Lipinski definition) is 8. The molecule has 0 radical (unpaired) electrons. The second kappa shape index (κ2) is 6.21. The zero-order chi connectivity index (χ0) is 13.9. The molecule has 10 heteroatoms. The van der Waals surface area contributed by atoms with Crippen LogP contribution in [0.4, 0.5) is 0 Å². The summed E-state index contributed by atoms with van der Waals surface area (Å²) in [5.74, 6) is 0. The number of ether oxygens (including phenoxy) is 2. The van der Waals surface area contributed by atoms with Gasteiger partial charge in [0.2, 0.25) is 0 Å². The van der Waals surface area contributed by atoms with Gasteiger partial charge in [-0.15, -0.1) is 0 Å². The van der Waals surface area contributed by atoms with Crippen LogP contribution in [0.3, 0.4) is 0 Å². The minimum Gasteiger partial charge on any atom is -0.394 e. The van der Waals surface area contributed by atoms with Crippen LogP contribution in [0.2, 0.25) is 0 Å². The summed E-state index contributed by atoms with van der Waals surface area (Å²) in [4.78, 5) is 0. The third kappa shape index (κ3) is 3.83. The van der Waals surface area contributed by atoms with Crippen LogP contribution < -0.4 is 0 Å². The maximum atomic E-state index is 10.6. The Morgan fingerprint density at radius 2 is 1.89 bits per heavy atom. The van der Waals surface area contributed by atoms with Crippen molar-refractivity contribution in [3.63, 3.8) is 0 Å². The molecule has 0 saturated carbocycles. The van der Waals surface area contributed by atoms with Crippen LogP contribution in [0, 0.1) is 0 Å². The van der Waals surface area contributed by atoms with E-state index in [-0.39, 0.29) is 6.61 Å². The average molecular weight is 288 g/mol. The lowest BCUT2D eigenvalue weighted by Crippen LogP contribution is -2.60. The Morgan fingerprint density at radius 1 is 1.28 bits per heavy atom. The summed E-state index contributed by atoms with van der Waals surface area (Å²) in [5.41, 5.74) is 0. The van der Waals surface area contributed by atoms with Crippen LogP contribution in [0.15, 0.2) is 0 Å². The minimum absolute atomic E-state index is 0.147. The van der Waals surface area contributed by atoms with Crippen LogP contribution in [-0.4, -0.2) is 72.2 Å². The van der Waals surface area contributed by atoms with E-state index in [0.717, 1.165) is 0 Å². The largest absolute Gasteiger partial charge is 0.397 e. The van der Waals surface area contributed by atoms with Crippen molar-refractivity contribution in [1.29, 1.82) is 0 Å². The second-order valence-corrected chi connectivity index (χ2v) is 4.70. The molecule has 9 nitrogen and oxygen atoms in total. The molecule has 18 heavy (non-hydrogen) atoms. The maximum absolute atomic E-state index is 10.6. The molecule has 0 aromatic carbocycles. The van der Waals surface area contributed by atoms with Crippen molar-refractivity contribution in [2.75, 3.05) is 13.2 Å². The van der Waals surface area contributed by atoms with Gasteiger partial charge in [-0.2, -0.15) is 8.42 Å². The molecule has 1 fully saturated rings. The Labute approximate surface area is 104 Å². The van der Waals surface area contributed by atoms with E-state index in [1.165, 1.54) is 0 Å². The van der Waals surface area contributed by atoms with Gasteiger partial charge >= 0.3 is 10.4 Å². The van der Waals surface area contributed by atoms with E-state index in [0.29, 0.717) is 0 Å². The molecule has 108 valence electrons. The first kappa shape index (κ1) is 15.7. The van der Waals surface area contributed by atoms with Crippen molar-refractivity contribution in [1.82, 2.24) is 0 Å². The lowest BCUT2D eigenvalue weighted by Gasteiger charge is -2.40. The van der Waals surface area contributed by atoms with E-state index in [1.807, 2.05) is 0 Å². The van der Waals surface area contributed by atoms with E-state index in [1.54, 1.807) is 6.92 Å². The second-order valence-electron chi connectivity index (χ2n) is 3.65. The van der Waals surface area contributed by atoms with Gasteiger partial charge < -0.3 is 24.8 Å². The molecule has 0 aromatic rings. The first-order chi connectivity index (χ1) is 8.30. The molecule has 1 aliphatic heterocycles. The third-order valence-electron chi connectivity index (χ3n) is 2.39. The van der Waals surface area contributed by atoms with E-state index in [4.69, 9.17) is 19.1 Å². The van der Waals surface area contributed by atoms with Crippen molar-refractivity contribution in [3.8, 4) is 0 Å². The van der Waals surface area contributed by atoms with Crippen molar-refractivity contribution >= 4 is 10.4 Å². The Morgan fingerprint density at radius 3 is 2.33 bits per heavy atom. The zero-order valence-electron chi connectivity index (χ0n) is 9.54. The molecule has 0 spiro atoms. The highest BCUT2D eigenvalue weighted by Gasteiger charge is 2.47. The van der Waals surface area contributed by atoms with Crippen LogP contribution in [-0.2, 0) is 24.1 Å². The highest BCUT2D eigenvalue weighted by Crippen LogP contribution is 2.25. The van der Waals surface area contributed by atoms with Crippen LogP contribution in [0.25, 0.3) is 0 Å². The summed E-state index contributed by atoms with van der Waals surface area (Å²) in [6.45, 7) is 1.12. The molecule has 1 heterocycles. The SMILES string of the molecule is CCO[C@@H]1OC(CO)[C@H](O)[C@H](OS(=O)(=O)O)C1O. The van der Waals surface area contributed by atoms with E-state index in [9.17, 15) is 18.6 Å². The Balaban J connectivity index is 2.88. The van der Waals surface area contributed by atoms with E-state index >= 15 is 0 Å². The van der Waals surface area contributed by atoms with Gasteiger partial charge in [-0.1, -0.05) is 0 Å². The van der Waals surface area contributed by atoms with Gasteiger partial charge in [0.05, 0.1) is 6.61 Å². The Kier molecular flexibility index (Phi) is 5.43. The third-order valence-corrected chi connectivity index (χ3v) is 2.85. The fourth-order valence-corrected chi connectivity index (χ4v) is 2.12. The molecular weight excluding hydrogens is 272 g/mol. The quantitative estimate of drug-likeness (QED) is 0.409. The lowest BCUT2D eigenvalue weighted by atomic mass is 9.99. The molecular formula is C8H16O9S. The molecule has 1 aliphatic rings. The Bertz CT molecular complexity index is 356. The number of aliphatic hydroxyl groups is 3. The van der Waals surface area contributed by atoms with Crippen molar-refractivity contribution in [3.05, 3.63) is 0 Å². The summed E-state index contributed by atoms with van der Waals surface area (Å²) in [7, 11) is -4.87. The molecule has 1 saturated heterocycles. The van der Waals surface area contributed by atoms with E-state index < -0.39 is 47.7 Å². The first-order valence-corrected chi connectivity index (χ1v) is 6.56.